The van der Waals surface area contributed by atoms with Gasteiger partial charge in [-0.3, -0.25) is 4.79 Å². The van der Waals surface area contributed by atoms with Crippen molar-refractivity contribution < 1.29 is 17.9 Å². The molecule has 0 spiro atoms. The van der Waals surface area contributed by atoms with Crippen LogP contribution in [0, 0.1) is 0 Å². The third kappa shape index (κ3) is 5.56. The van der Waals surface area contributed by atoms with Gasteiger partial charge in [-0.2, -0.15) is 0 Å². The lowest BCUT2D eigenvalue weighted by atomic mass is 10.1. The van der Waals surface area contributed by atoms with Gasteiger partial charge < -0.3 is 10.1 Å². The molecule has 0 aliphatic heterocycles. The molecular formula is C21H26N2O4S. The van der Waals surface area contributed by atoms with E-state index in [1.165, 1.54) is 12.1 Å². The smallest absolute Gasteiger partial charge is 0.258 e. The number of ether oxygens (including phenoxy) is 1. The van der Waals surface area contributed by atoms with E-state index in [2.05, 4.69) is 10.0 Å². The van der Waals surface area contributed by atoms with Gasteiger partial charge in [0.05, 0.1) is 4.90 Å². The van der Waals surface area contributed by atoms with Gasteiger partial charge in [0, 0.05) is 12.1 Å². The van der Waals surface area contributed by atoms with Crippen LogP contribution in [0.15, 0.2) is 59.5 Å². The molecule has 1 saturated carbocycles. The molecule has 0 unspecified atom stereocenters. The lowest BCUT2D eigenvalue weighted by Crippen LogP contribution is -2.36. The van der Waals surface area contributed by atoms with Crippen LogP contribution < -0.4 is 14.8 Å². The number of rotatable bonds is 8. The number of amides is 1. The van der Waals surface area contributed by atoms with Gasteiger partial charge in [0.1, 0.15) is 5.75 Å². The van der Waals surface area contributed by atoms with E-state index in [0.29, 0.717) is 5.75 Å². The molecule has 2 N–H and O–H groups in total. The van der Waals surface area contributed by atoms with Crippen molar-refractivity contribution in [1.82, 2.24) is 10.0 Å². The summed E-state index contributed by atoms with van der Waals surface area (Å²) in [6.07, 6.45) is 4.34. The van der Waals surface area contributed by atoms with Crippen LogP contribution in [0.4, 0.5) is 0 Å². The number of sulfonamides is 1. The van der Waals surface area contributed by atoms with Crippen molar-refractivity contribution in [3.05, 3.63) is 60.2 Å². The highest BCUT2D eigenvalue weighted by Crippen LogP contribution is 2.20. The highest BCUT2D eigenvalue weighted by Gasteiger charge is 2.19. The van der Waals surface area contributed by atoms with E-state index < -0.39 is 10.0 Å². The number of carbonyl (C=O) groups is 1. The van der Waals surface area contributed by atoms with Crippen molar-refractivity contribution >= 4 is 15.9 Å². The molecule has 0 bridgehead atoms. The Labute approximate surface area is 166 Å². The molecule has 0 aromatic heterocycles. The predicted molar refractivity (Wildman–Crippen MR) is 108 cm³/mol. The number of benzene rings is 2. The molecule has 1 atom stereocenters. The summed E-state index contributed by atoms with van der Waals surface area (Å²) in [5.41, 5.74) is 0.888. The van der Waals surface area contributed by atoms with Crippen LogP contribution in [-0.2, 0) is 14.8 Å². The largest absolute Gasteiger partial charge is 0.484 e. The minimum absolute atomic E-state index is 0.0775. The minimum atomic E-state index is -3.66. The Hall–Kier alpha value is -2.38. The summed E-state index contributed by atoms with van der Waals surface area (Å²) < 4.78 is 33.3. The van der Waals surface area contributed by atoms with Gasteiger partial charge in [0.25, 0.3) is 5.91 Å². The molecule has 2 aromatic rings. The van der Waals surface area contributed by atoms with Gasteiger partial charge in [0.15, 0.2) is 6.61 Å². The van der Waals surface area contributed by atoms with E-state index in [-0.39, 0.29) is 29.5 Å². The Morgan fingerprint density at radius 1 is 1.07 bits per heavy atom. The first kappa shape index (κ1) is 20.4. The molecule has 0 saturated heterocycles. The first-order valence-electron chi connectivity index (χ1n) is 9.53. The standard InChI is InChI=1S/C21H26N2O4S/c1-16(17-7-3-2-4-8-17)23-28(25,26)20-13-11-19(12-14-20)27-15-21(24)22-18-9-5-6-10-18/h2-4,7-8,11-14,16,18,23H,5-6,9-10,15H2,1H3,(H,22,24)/t16-/m0/s1. The maximum Gasteiger partial charge on any atom is 0.258 e. The summed E-state index contributed by atoms with van der Waals surface area (Å²) >= 11 is 0. The summed E-state index contributed by atoms with van der Waals surface area (Å²) in [6.45, 7) is 1.72. The predicted octanol–water partition coefficient (Wildman–Crippen LogP) is 3.16. The first-order valence-corrected chi connectivity index (χ1v) is 11.0. The maximum atomic E-state index is 12.6. The van der Waals surface area contributed by atoms with Crippen molar-refractivity contribution in [2.75, 3.05) is 6.61 Å². The summed E-state index contributed by atoms with van der Waals surface area (Å²) in [7, 11) is -3.66. The molecule has 28 heavy (non-hydrogen) atoms. The average Bonchev–Trinajstić information content (AvgIpc) is 3.20. The fraction of sp³-hybridized carbons (Fsp3) is 0.381. The van der Waals surface area contributed by atoms with Crippen molar-refractivity contribution in [2.45, 2.75) is 49.6 Å². The molecule has 1 amide bonds. The zero-order chi connectivity index (χ0) is 20.0. The number of hydrogen-bond donors (Lipinski definition) is 2. The summed E-state index contributed by atoms with van der Waals surface area (Å²) in [5.74, 6) is 0.304. The van der Waals surface area contributed by atoms with E-state index in [1.54, 1.807) is 19.1 Å². The van der Waals surface area contributed by atoms with E-state index in [1.807, 2.05) is 30.3 Å². The third-order valence-electron chi connectivity index (χ3n) is 4.86. The second-order valence-corrected chi connectivity index (χ2v) is 8.78. The zero-order valence-electron chi connectivity index (χ0n) is 15.9. The lowest BCUT2D eigenvalue weighted by Gasteiger charge is -2.15. The van der Waals surface area contributed by atoms with Gasteiger partial charge in [-0.1, -0.05) is 43.2 Å². The Bertz CT molecular complexity index is 876. The van der Waals surface area contributed by atoms with Gasteiger partial charge >= 0.3 is 0 Å². The van der Waals surface area contributed by atoms with E-state index in [0.717, 1.165) is 31.2 Å². The molecule has 1 aliphatic rings. The topological polar surface area (TPSA) is 84.5 Å². The van der Waals surface area contributed by atoms with Gasteiger partial charge in [-0.15, -0.1) is 0 Å². The highest BCUT2D eigenvalue weighted by atomic mass is 32.2. The second-order valence-electron chi connectivity index (χ2n) is 7.06. The molecule has 2 aromatic carbocycles. The highest BCUT2D eigenvalue weighted by molar-refractivity contribution is 7.89. The SMILES string of the molecule is C[C@H](NS(=O)(=O)c1ccc(OCC(=O)NC2CCCC2)cc1)c1ccccc1. The van der Waals surface area contributed by atoms with Gasteiger partial charge in [0.2, 0.25) is 10.0 Å². The van der Waals surface area contributed by atoms with Crippen LogP contribution in [0.25, 0.3) is 0 Å². The zero-order valence-corrected chi connectivity index (χ0v) is 16.7. The Kier molecular flexibility index (Phi) is 6.70. The van der Waals surface area contributed by atoms with Crippen LogP contribution in [0.5, 0.6) is 5.75 Å². The number of hydrogen-bond acceptors (Lipinski definition) is 4. The molecular weight excluding hydrogens is 376 g/mol. The average molecular weight is 403 g/mol. The summed E-state index contributed by atoms with van der Waals surface area (Å²) in [5, 5.41) is 2.95. The molecule has 0 heterocycles. The van der Waals surface area contributed by atoms with Crippen LogP contribution in [0.2, 0.25) is 0 Å². The molecule has 1 fully saturated rings. The molecule has 150 valence electrons. The van der Waals surface area contributed by atoms with Crippen LogP contribution >= 0.6 is 0 Å². The van der Waals surface area contributed by atoms with Crippen LogP contribution in [0.3, 0.4) is 0 Å². The van der Waals surface area contributed by atoms with Crippen LogP contribution in [0.1, 0.15) is 44.2 Å². The van der Waals surface area contributed by atoms with E-state index in [9.17, 15) is 13.2 Å². The Morgan fingerprint density at radius 3 is 2.36 bits per heavy atom. The fourth-order valence-electron chi connectivity index (χ4n) is 3.31. The van der Waals surface area contributed by atoms with Crippen molar-refractivity contribution in [3.8, 4) is 5.75 Å². The number of nitrogens with one attached hydrogen (secondary N) is 2. The quantitative estimate of drug-likeness (QED) is 0.710. The minimum Gasteiger partial charge on any atom is -0.484 e. The van der Waals surface area contributed by atoms with Gasteiger partial charge in [-0.25, -0.2) is 13.1 Å². The molecule has 3 rings (SSSR count). The van der Waals surface area contributed by atoms with Crippen molar-refractivity contribution in [1.29, 1.82) is 0 Å². The van der Waals surface area contributed by atoms with E-state index in [4.69, 9.17) is 4.74 Å². The fourth-order valence-corrected chi connectivity index (χ4v) is 4.55. The first-order chi connectivity index (χ1) is 13.4. The second kappa shape index (κ2) is 9.21. The van der Waals surface area contributed by atoms with Crippen molar-refractivity contribution in [3.63, 3.8) is 0 Å². The normalized spacial score (nSPS) is 15.9. The monoisotopic (exact) mass is 402 g/mol. The maximum absolute atomic E-state index is 12.6. The Balaban J connectivity index is 1.54. The Morgan fingerprint density at radius 2 is 1.71 bits per heavy atom. The molecule has 0 radical (unpaired) electrons. The summed E-state index contributed by atoms with van der Waals surface area (Å²) in [6, 6.07) is 15.4. The molecule has 1 aliphatic carbocycles. The third-order valence-corrected chi connectivity index (χ3v) is 6.41. The van der Waals surface area contributed by atoms with Gasteiger partial charge in [-0.05, 0) is 49.6 Å². The summed E-state index contributed by atoms with van der Waals surface area (Å²) in [4.78, 5) is 12.1. The number of carbonyl (C=O) groups excluding carboxylic acids is 1. The van der Waals surface area contributed by atoms with Crippen LogP contribution in [-0.4, -0.2) is 27.0 Å². The van der Waals surface area contributed by atoms with Crippen molar-refractivity contribution in [2.24, 2.45) is 0 Å². The van der Waals surface area contributed by atoms with E-state index >= 15 is 0 Å². The molecule has 7 heteroatoms. The molecule has 6 nitrogen and oxygen atoms in total. The lowest BCUT2D eigenvalue weighted by molar-refractivity contribution is -0.123.